The molecule has 7 heteroatoms. The molecule has 1 aromatic heterocycles. The molecule has 4 nitrogen and oxygen atoms in total. The van der Waals surface area contributed by atoms with Crippen molar-refractivity contribution in [2.24, 2.45) is 0 Å². The molecule has 0 radical (unpaired) electrons. The Morgan fingerprint density at radius 2 is 2.00 bits per heavy atom. The lowest BCUT2D eigenvalue weighted by molar-refractivity contribution is -0.144. The number of alkyl halides is 3. The van der Waals surface area contributed by atoms with Crippen molar-refractivity contribution in [2.45, 2.75) is 33.0 Å². The van der Waals surface area contributed by atoms with Crippen molar-refractivity contribution in [2.75, 3.05) is 25.5 Å². The molecular weight excluding hydrogens is 257 g/mol. The van der Waals surface area contributed by atoms with E-state index in [1.54, 1.807) is 13.0 Å². The monoisotopic (exact) mass is 276 g/mol. The van der Waals surface area contributed by atoms with Gasteiger partial charge in [-0.3, -0.25) is 4.90 Å². The number of hydrogen-bond acceptors (Lipinski definition) is 4. The number of halogens is 3. The van der Waals surface area contributed by atoms with Crippen LogP contribution in [-0.2, 0) is 6.54 Å². The van der Waals surface area contributed by atoms with Crippen molar-refractivity contribution in [3.63, 3.8) is 0 Å². The molecule has 0 spiro atoms. The highest BCUT2D eigenvalue weighted by atomic mass is 19.4. The van der Waals surface area contributed by atoms with Crippen LogP contribution in [0.2, 0.25) is 0 Å². The van der Waals surface area contributed by atoms with Gasteiger partial charge in [0.2, 0.25) is 0 Å². The summed E-state index contributed by atoms with van der Waals surface area (Å²) in [7, 11) is 1.40. The summed E-state index contributed by atoms with van der Waals surface area (Å²) < 4.78 is 36.7. The molecule has 0 amide bonds. The van der Waals surface area contributed by atoms with Gasteiger partial charge in [-0.1, -0.05) is 6.92 Å². The van der Waals surface area contributed by atoms with Gasteiger partial charge in [0.05, 0.1) is 13.1 Å². The quantitative estimate of drug-likeness (QED) is 0.867. The normalized spacial score (nSPS) is 11.9. The number of anilines is 1. The second-order valence-electron chi connectivity index (χ2n) is 4.53. The first kappa shape index (κ1) is 15.7. The van der Waals surface area contributed by atoms with Gasteiger partial charge >= 0.3 is 6.18 Å². The standard InChI is InChI=1S/C12H19F3N4/c1-4-5-16-10-6-9(2)17-11(18-10)7-19(3)8-12(13,14)15/h6H,4-5,7-8H2,1-3H3,(H,16,17,18). The molecule has 1 N–H and O–H groups in total. The molecule has 0 unspecified atom stereocenters. The maximum Gasteiger partial charge on any atom is 0.401 e. The first-order valence-electron chi connectivity index (χ1n) is 6.14. The van der Waals surface area contributed by atoms with Gasteiger partial charge in [-0.2, -0.15) is 13.2 Å². The zero-order valence-corrected chi connectivity index (χ0v) is 11.4. The van der Waals surface area contributed by atoms with Crippen LogP contribution in [0.25, 0.3) is 0 Å². The summed E-state index contributed by atoms with van der Waals surface area (Å²) in [5.74, 6) is 1.05. The topological polar surface area (TPSA) is 41.1 Å². The molecule has 1 heterocycles. The number of aryl methyl sites for hydroxylation is 1. The average molecular weight is 276 g/mol. The van der Waals surface area contributed by atoms with Crippen LogP contribution in [0.5, 0.6) is 0 Å². The van der Waals surface area contributed by atoms with E-state index in [1.165, 1.54) is 7.05 Å². The predicted octanol–water partition coefficient (Wildman–Crippen LogP) is 2.60. The van der Waals surface area contributed by atoms with Gasteiger partial charge in [-0.25, -0.2) is 9.97 Å². The van der Waals surface area contributed by atoms with E-state index in [-0.39, 0.29) is 6.54 Å². The molecule has 0 bridgehead atoms. The Balaban J connectivity index is 2.69. The van der Waals surface area contributed by atoms with Gasteiger partial charge in [0.25, 0.3) is 0 Å². The largest absolute Gasteiger partial charge is 0.401 e. The molecule has 108 valence electrons. The van der Waals surface area contributed by atoms with Gasteiger partial charge in [0.1, 0.15) is 11.6 Å². The summed E-state index contributed by atoms with van der Waals surface area (Å²) >= 11 is 0. The van der Waals surface area contributed by atoms with Gasteiger partial charge in [-0.15, -0.1) is 0 Å². The summed E-state index contributed by atoms with van der Waals surface area (Å²) in [6.07, 6.45) is -3.26. The van der Waals surface area contributed by atoms with Gasteiger partial charge in [-0.05, 0) is 20.4 Å². The van der Waals surface area contributed by atoms with E-state index in [0.717, 1.165) is 23.6 Å². The third-order valence-electron chi connectivity index (χ3n) is 2.32. The van der Waals surface area contributed by atoms with Crippen LogP contribution in [-0.4, -0.2) is 41.2 Å². The van der Waals surface area contributed by atoms with E-state index in [0.29, 0.717) is 11.6 Å². The van der Waals surface area contributed by atoms with E-state index in [9.17, 15) is 13.2 Å². The van der Waals surface area contributed by atoms with Crippen LogP contribution in [0.1, 0.15) is 24.9 Å². The highest BCUT2D eigenvalue weighted by molar-refractivity contribution is 5.35. The van der Waals surface area contributed by atoms with Crippen molar-refractivity contribution < 1.29 is 13.2 Å². The minimum atomic E-state index is -4.21. The molecule has 19 heavy (non-hydrogen) atoms. The van der Waals surface area contributed by atoms with E-state index >= 15 is 0 Å². The fourth-order valence-electron chi connectivity index (χ4n) is 1.65. The summed E-state index contributed by atoms with van der Waals surface area (Å²) in [5, 5.41) is 3.11. The van der Waals surface area contributed by atoms with Crippen molar-refractivity contribution in [1.29, 1.82) is 0 Å². The van der Waals surface area contributed by atoms with Crippen LogP contribution in [0.3, 0.4) is 0 Å². The molecule has 1 aromatic rings. The van der Waals surface area contributed by atoms with Crippen molar-refractivity contribution in [3.05, 3.63) is 17.6 Å². The molecule has 0 aliphatic heterocycles. The van der Waals surface area contributed by atoms with Crippen LogP contribution in [0.15, 0.2) is 6.07 Å². The smallest absolute Gasteiger partial charge is 0.370 e. The second kappa shape index (κ2) is 6.70. The Hall–Kier alpha value is -1.37. The zero-order valence-electron chi connectivity index (χ0n) is 11.4. The van der Waals surface area contributed by atoms with E-state index in [1.807, 2.05) is 6.92 Å². The molecule has 0 aliphatic rings. The minimum absolute atomic E-state index is 0.0714. The number of hydrogen-bond donors (Lipinski definition) is 1. The predicted molar refractivity (Wildman–Crippen MR) is 67.9 cm³/mol. The Labute approximate surface area is 111 Å². The fraction of sp³-hybridized carbons (Fsp3) is 0.667. The maximum absolute atomic E-state index is 12.2. The Bertz CT molecular complexity index is 406. The van der Waals surface area contributed by atoms with Crippen LogP contribution < -0.4 is 5.32 Å². The fourth-order valence-corrected chi connectivity index (χ4v) is 1.65. The number of nitrogens with zero attached hydrogens (tertiary/aromatic N) is 3. The lowest BCUT2D eigenvalue weighted by Crippen LogP contribution is -2.31. The van der Waals surface area contributed by atoms with Crippen LogP contribution in [0, 0.1) is 6.92 Å². The Kier molecular flexibility index (Phi) is 5.53. The van der Waals surface area contributed by atoms with Gasteiger partial charge in [0.15, 0.2) is 0 Å². The first-order valence-corrected chi connectivity index (χ1v) is 6.14. The third kappa shape index (κ3) is 6.37. The number of nitrogens with one attached hydrogen (secondary N) is 1. The average Bonchev–Trinajstić information content (AvgIpc) is 2.22. The van der Waals surface area contributed by atoms with E-state index in [4.69, 9.17) is 0 Å². The maximum atomic E-state index is 12.2. The molecule has 0 aromatic carbocycles. The Morgan fingerprint density at radius 3 is 2.58 bits per heavy atom. The Morgan fingerprint density at radius 1 is 1.32 bits per heavy atom. The highest BCUT2D eigenvalue weighted by Gasteiger charge is 2.29. The number of rotatable bonds is 6. The summed E-state index contributed by atoms with van der Waals surface area (Å²) in [6.45, 7) is 3.70. The SMILES string of the molecule is CCCNc1cc(C)nc(CN(C)CC(F)(F)F)n1. The van der Waals surface area contributed by atoms with Crippen molar-refractivity contribution in [3.8, 4) is 0 Å². The summed E-state index contributed by atoms with van der Waals surface area (Å²) in [4.78, 5) is 9.51. The van der Waals surface area contributed by atoms with Crippen LogP contribution >= 0.6 is 0 Å². The summed E-state index contributed by atoms with van der Waals surface area (Å²) in [6, 6.07) is 1.78. The van der Waals surface area contributed by atoms with Crippen molar-refractivity contribution in [1.82, 2.24) is 14.9 Å². The van der Waals surface area contributed by atoms with Crippen molar-refractivity contribution >= 4 is 5.82 Å². The lowest BCUT2D eigenvalue weighted by atomic mass is 10.3. The molecule has 1 rings (SSSR count). The number of aromatic nitrogens is 2. The molecule has 0 atom stereocenters. The molecule has 0 aliphatic carbocycles. The van der Waals surface area contributed by atoms with Gasteiger partial charge in [0, 0.05) is 18.3 Å². The van der Waals surface area contributed by atoms with E-state index < -0.39 is 12.7 Å². The minimum Gasteiger partial charge on any atom is -0.370 e. The van der Waals surface area contributed by atoms with Crippen LogP contribution in [0.4, 0.5) is 19.0 Å². The molecule has 0 saturated heterocycles. The second-order valence-corrected chi connectivity index (χ2v) is 4.53. The summed E-state index contributed by atoms with van der Waals surface area (Å²) in [5.41, 5.74) is 0.740. The van der Waals surface area contributed by atoms with E-state index in [2.05, 4.69) is 15.3 Å². The highest BCUT2D eigenvalue weighted by Crippen LogP contribution is 2.16. The molecular formula is C12H19F3N4. The molecule has 0 fully saturated rings. The lowest BCUT2D eigenvalue weighted by Gasteiger charge is -2.18. The van der Waals surface area contributed by atoms with Gasteiger partial charge < -0.3 is 5.32 Å². The zero-order chi connectivity index (χ0) is 14.5. The molecule has 0 saturated carbocycles. The first-order chi connectivity index (χ1) is 8.80. The third-order valence-corrected chi connectivity index (χ3v) is 2.32.